The van der Waals surface area contributed by atoms with Crippen LogP contribution in [0.25, 0.3) is 0 Å². The number of hydrogen-bond acceptors (Lipinski definition) is 1. The van der Waals surface area contributed by atoms with Crippen molar-refractivity contribution >= 4 is 0 Å². The maximum atomic E-state index is 4.48. The Hall–Kier alpha value is -1.63. The summed E-state index contributed by atoms with van der Waals surface area (Å²) in [6.45, 7) is 0. The van der Waals surface area contributed by atoms with E-state index in [4.69, 9.17) is 0 Å². The first kappa shape index (κ1) is 9.59. The van der Waals surface area contributed by atoms with Gasteiger partial charge in [0.25, 0.3) is 0 Å². The van der Waals surface area contributed by atoms with E-state index in [9.17, 15) is 0 Å². The molecule has 80 valence electrons. The van der Waals surface area contributed by atoms with E-state index in [1.807, 2.05) is 12.3 Å². The Balaban J connectivity index is 1.85. The van der Waals surface area contributed by atoms with Crippen molar-refractivity contribution in [2.45, 2.75) is 24.7 Å². The van der Waals surface area contributed by atoms with Gasteiger partial charge < -0.3 is 0 Å². The summed E-state index contributed by atoms with van der Waals surface area (Å²) in [5.74, 6) is 1.31. The summed E-state index contributed by atoms with van der Waals surface area (Å²) in [5.41, 5.74) is 2.71. The predicted octanol–water partition coefficient (Wildman–Crippen LogP) is 3.74. The van der Waals surface area contributed by atoms with Crippen LogP contribution in [0.4, 0.5) is 0 Å². The third kappa shape index (κ3) is 1.63. The molecule has 1 aromatic carbocycles. The minimum Gasteiger partial charge on any atom is -0.261 e. The fraction of sp³-hybridized carbons (Fsp3) is 0.267. The van der Waals surface area contributed by atoms with Gasteiger partial charge >= 0.3 is 0 Å². The van der Waals surface area contributed by atoms with Crippen molar-refractivity contribution in [1.82, 2.24) is 4.98 Å². The molecule has 1 heteroatoms. The first-order chi connectivity index (χ1) is 7.95. The monoisotopic (exact) mass is 209 g/mol. The Morgan fingerprint density at radius 1 is 0.812 bits per heavy atom. The lowest BCUT2D eigenvalue weighted by Crippen LogP contribution is -2.22. The van der Waals surface area contributed by atoms with Gasteiger partial charge in [0.15, 0.2) is 0 Å². The minimum absolute atomic E-state index is 0.628. The molecule has 0 N–H and O–H groups in total. The number of nitrogens with zero attached hydrogens (tertiary/aromatic N) is 1. The standard InChI is InChI=1S/C15H15N/c1-2-6-12(7-3-1)13-9-10-14(13)15-8-4-5-11-16-15/h1-8,11,13-14H,9-10H2. The second-order valence-electron chi connectivity index (χ2n) is 4.46. The summed E-state index contributed by atoms with van der Waals surface area (Å²) in [4.78, 5) is 4.48. The lowest BCUT2D eigenvalue weighted by molar-refractivity contribution is 0.340. The molecule has 1 saturated carbocycles. The van der Waals surface area contributed by atoms with E-state index in [1.54, 1.807) is 0 Å². The molecule has 16 heavy (non-hydrogen) atoms. The Morgan fingerprint density at radius 3 is 2.19 bits per heavy atom. The van der Waals surface area contributed by atoms with Gasteiger partial charge in [-0.2, -0.15) is 0 Å². The smallest absolute Gasteiger partial charge is 0.0440 e. The van der Waals surface area contributed by atoms with Crippen LogP contribution in [0.1, 0.15) is 35.9 Å². The molecule has 0 saturated heterocycles. The van der Waals surface area contributed by atoms with Crippen LogP contribution in [-0.2, 0) is 0 Å². The molecule has 0 aliphatic heterocycles. The molecule has 1 aliphatic rings. The highest BCUT2D eigenvalue weighted by atomic mass is 14.7. The van der Waals surface area contributed by atoms with Crippen LogP contribution in [0.15, 0.2) is 54.7 Å². The van der Waals surface area contributed by atoms with E-state index in [0.29, 0.717) is 11.8 Å². The molecular weight excluding hydrogens is 194 g/mol. The molecule has 2 atom stereocenters. The van der Waals surface area contributed by atoms with Crippen molar-refractivity contribution in [1.29, 1.82) is 0 Å². The molecule has 0 spiro atoms. The topological polar surface area (TPSA) is 12.9 Å². The van der Waals surface area contributed by atoms with Crippen LogP contribution in [0.2, 0.25) is 0 Å². The van der Waals surface area contributed by atoms with Gasteiger partial charge in [-0.3, -0.25) is 4.98 Å². The summed E-state index contributed by atoms with van der Waals surface area (Å²) in [5, 5.41) is 0. The van der Waals surface area contributed by atoms with E-state index in [-0.39, 0.29) is 0 Å². The summed E-state index contributed by atoms with van der Waals surface area (Å²) in [6, 6.07) is 17.0. The third-order valence-electron chi connectivity index (χ3n) is 3.57. The molecule has 2 unspecified atom stereocenters. The highest BCUT2D eigenvalue weighted by Gasteiger charge is 2.33. The van der Waals surface area contributed by atoms with Gasteiger partial charge in [0.05, 0.1) is 0 Å². The van der Waals surface area contributed by atoms with Crippen LogP contribution >= 0.6 is 0 Å². The predicted molar refractivity (Wildman–Crippen MR) is 65.4 cm³/mol. The lowest BCUT2D eigenvalue weighted by Gasteiger charge is -2.36. The Kier molecular flexibility index (Phi) is 2.45. The van der Waals surface area contributed by atoms with Gasteiger partial charge in [0.2, 0.25) is 0 Å². The zero-order valence-corrected chi connectivity index (χ0v) is 9.21. The molecule has 0 bridgehead atoms. The van der Waals surface area contributed by atoms with Crippen molar-refractivity contribution in [3.8, 4) is 0 Å². The van der Waals surface area contributed by atoms with Gasteiger partial charge in [-0.05, 0) is 36.5 Å². The van der Waals surface area contributed by atoms with Crippen molar-refractivity contribution in [3.63, 3.8) is 0 Å². The fourth-order valence-corrected chi connectivity index (χ4v) is 2.55. The number of hydrogen-bond donors (Lipinski definition) is 0. The van der Waals surface area contributed by atoms with Gasteiger partial charge in [0, 0.05) is 17.8 Å². The Bertz CT molecular complexity index is 404. The van der Waals surface area contributed by atoms with Crippen molar-refractivity contribution in [2.24, 2.45) is 0 Å². The largest absolute Gasteiger partial charge is 0.261 e. The van der Waals surface area contributed by atoms with Crippen LogP contribution in [0.3, 0.4) is 0 Å². The van der Waals surface area contributed by atoms with Crippen molar-refractivity contribution in [2.75, 3.05) is 0 Å². The quantitative estimate of drug-likeness (QED) is 0.734. The summed E-state index contributed by atoms with van der Waals surface area (Å²) < 4.78 is 0. The number of pyridine rings is 1. The maximum absolute atomic E-state index is 4.48. The molecular formula is C15H15N. The van der Waals surface area contributed by atoms with E-state index >= 15 is 0 Å². The zero-order chi connectivity index (χ0) is 10.8. The number of aromatic nitrogens is 1. The van der Waals surface area contributed by atoms with Crippen LogP contribution in [-0.4, -0.2) is 4.98 Å². The Labute approximate surface area is 96.2 Å². The van der Waals surface area contributed by atoms with Gasteiger partial charge in [-0.25, -0.2) is 0 Å². The first-order valence-corrected chi connectivity index (χ1v) is 5.91. The maximum Gasteiger partial charge on any atom is 0.0440 e. The Morgan fingerprint density at radius 2 is 1.56 bits per heavy atom. The first-order valence-electron chi connectivity index (χ1n) is 5.91. The summed E-state index contributed by atoms with van der Waals surface area (Å²) in [7, 11) is 0. The summed E-state index contributed by atoms with van der Waals surface area (Å²) in [6.07, 6.45) is 4.47. The molecule has 2 aromatic rings. The third-order valence-corrected chi connectivity index (χ3v) is 3.57. The van der Waals surface area contributed by atoms with Crippen LogP contribution < -0.4 is 0 Å². The van der Waals surface area contributed by atoms with E-state index in [1.165, 1.54) is 24.1 Å². The molecule has 1 aliphatic carbocycles. The highest BCUT2D eigenvalue weighted by molar-refractivity contribution is 5.28. The zero-order valence-electron chi connectivity index (χ0n) is 9.21. The van der Waals surface area contributed by atoms with Gasteiger partial charge in [-0.1, -0.05) is 36.4 Å². The minimum atomic E-state index is 0.628. The molecule has 3 rings (SSSR count). The highest BCUT2D eigenvalue weighted by Crippen LogP contribution is 2.48. The van der Waals surface area contributed by atoms with Crippen LogP contribution in [0, 0.1) is 0 Å². The van der Waals surface area contributed by atoms with Crippen molar-refractivity contribution in [3.05, 3.63) is 66.0 Å². The number of benzene rings is 1. The van der Waals surface area contributed by atoms with Gasteiger partial charge in [0.1, 0.15) is 0 Å². The second kappa shape index (κ2) is 4.09. The average Bonchev–Trinajstić information content (AvgIpc) is 2.30. The van der Waals surface area contributed by atoms with E-state index < -0.39 is 0 Å². The van der Waals surface area contributed by atoms with E-state index in [0.717, 1.165) is 0 Å². The molecule has 0 radical (unpaired) electrons. The van der Waals surface area contributed by atoms with Crippen LogP contribution in [0.5, 0.6) is 0 Å². The van der Waals surface area contributed by atoms with E-state index in [2.05, 4.69) is 47.4 Å². The fourth-order valence-electron chi connectivity index (χ4n) is 2.55. The second-order valence-corrected chi connectivity index (χ2v) is 4.46. The average molecular weight is 209 g/mol. The summed E-state index contributed by atoms with van der Waals surface area (Å²) >= 11 is 0. The SMILES string of the molecule is c1ccc(C2CCC2c2ccccn2)cc1. The molecule has 1 fully saturated rings. The molecule has 1 aromatic heterocycles. The number of rotatable bonds is 2. The molecule has 0 amide bonds. The van der Waals surface area contributed by atoms with Crippen molar-refractivity contribution < 1.29 is 0 Å². The molecule has 1 heterocycles. The molecule has 1 nitrogen and oxygen atoms in total. The van der Waals surface area contributed by atoms with Gasteiger partial charge in [-0.15, -0.1) is 0 Å². The lowest BCUT2D eigenvalue weighted by atomic mass is 9.68. The normalized spacial score (nSPS) is 23.8.